The minimum atomic E-state index is -3.81. The SMILES string of the molecule is Cc1c(Br)cc(C(=O)O)cc1S(=O)(=O)NC1CCOC1C. The van der Waals surface area contributed by atoms with Crippen molar-refractivity contribution in [1.29, 1.82) is 0 Å². The van der Waals surface area contributed by atoms with Crippen LogP contribution in [0.2, 0.25) is 0 Å². The molecule has 6 nitrogen and oxygen atoms in total. The van der Waals surface area contributed by atoms with E-state index in [1.807, 2.05) is 0 Å². The molecule has 0 spiro atoms. The van der Waals surface area contributed by atoms with Crippen molar-refractivity contribution in [3.63, 3.8) is 0 Å². The predicted octanol–water partition coefficient (Wildman–Crippen LogP) is 1.91. The van der Waals surface area contributed by atoms with E-state index in [-0.39, 0.29) is 22.6 Å². The Morgan fingerprint density at radius 3 is 2.67 bits per heavy atom. The number of carboxylic acid groups (broad SMARTS) is 1. The number of halogens is 1. The number of ether oxygens (including phenoxy) is 1. The van der Waals surface area contributed by atoms with Crippen LogP contribution in [0.3, 0.4) is 0 Å². The van der Waals surface area contributed by atoms with E-state index in [0.717, 1.165) is 0 Å². The molecule has 1 aliphatic rings. The highest BCUT2D eigenvalue weighted by Gasteiger charge is 2.30. The van der Waals surface area contributed by atoms with Gasteiger partial charge < -0.3 is 9.84 Å². The summed E-state index contributed by atoms with van der Waals surface area (Å²) in [5.41, 5.74) is 0.391. The van der Waals surface area contributed by atoms with Gasteiger partial charge in [-0.25, -0.2) is 17.9 Å². The largest absolute Gasteiger partial charge is 0.478 e. The van der Waals surface area contributed by atoms with Crippen LogP contribution in [0.1, 0.15) is 29.3 Å². The third kappa shape index (κ3) is 3.45. The molecule has 2 rings (SSSR count). The molecule has 0 aromatic heterocycles. The van der Waals surface area contributed by atoms with Gasteiger partial charge in [0.2, 0.25) is 10.0 Å². The highest BCUT2D eigenvalue weighted by molar-refractivity contribution is 9.10. The number of hydrogen-bond donors (Lipinski definition) is 2. The first-order valence-corrected chi connectivity index (χ1v) is 8.67. The maximum atomic E-state index is 12.5. The predicted molar refractivity (Wildman–Crippen MR) is 80.0 cm³/mol. The average Bonchev–Trinajstić information content (AvgIpc) is 2.77. The summed E-state index contributed by atoms with van der Waals surface area (Å²) < 4.78 is 33.4. The average molecular weight is 378 g/mol. The summed E-state index contributed by atoms with van der Waals surface area (Å²) in [5, 5.41) is 9.06. The first-order chi connectivity index (χ1) is 9.72. The van der Waals surface area contributed by atoms with E-state index in [0.29, 0.717) is 23.1 Å². The molecule has 1 saturated heterocycles. The number of carboxylic acids is 1. The molecule has 1 fully saturated rings. The van der Waals surface area contributed by atoms with E-state index in [1.54, 1.807) is 13.8 Å². The van der Waals surface area contributed by atoms with Crippen LogP contribution in [0, 0.1) is 6.92 Å². The van der Waals surface area contributed by atoms with E-state index >= 15 is 0 Å². The summed E-state index contributed by atoms with van der Waals surface area (Å²) in [6.45, 7) is 3.93. The molecule has 116 valence electrons. The third-order valence-corrected chi connectivity index (χ3v) is 5.96. The highest BCUT2D eigenvalue weighted by atomic mass is 79.9. The Balaban J connectivity index is 2.41. The fraction of sp³-hybridized carbons (Fsp3) is 0.462. The number of hydrogen-bond acceptors (Lipinski definition) is 4. The lowest BCUT2D eigenvalue weighted by Gasteiger charge is -2.18. The van der Waals surface area contributed by atoms with Gasteiger partial charge in [-0.15, -0.1) is 0 Å². The van der Waals surface area contributed by atoms with Crippen molar-refractivity contribution < 1.29 is 23.1 Å². The summed E-state index contributed by atoms with van der Waals surface area (Å²) in [7, 11) is -3.81. The van der Waals surface area contributed by atoms with Crippen LogP contribution in [0.5, 0.6) is 0 Å². The third-order valence-electron chi connectivity index (χ3n) is 3.52. The molecule has 2 atom stereocenters. The van der Waals surface area contributed by atoms with Crippen LogP contribution in [-0.4, -0.2) is 38.2 Å². The van der Waals surface area contributed by atoms with Crippen LogP contribution in [0.4, 0.5) is 0 Å². The van der Waals surface area contributed by atoms with Crippen molar-refractivity contribution in [1.82, 2.24) is 4.72 Å². The molecule has 0 radical (unpaired) electrons. The molecular weight excluding hydrogens is 362 g/mol. The lowest BCUT2D eigenvalue weighted by molar-refractivity contribution is 0.0696. The van der Waals surface area contributed by atoms with E-state index in [1.165, 1.54) is 12.1 Å². The molecule has 0 amide bonds. The van der Waals surface area contributed by atoms with Gasteiger partial charge in [0.05, 0.1) is 22.6 Å². The van der Waals surface area contributed by atoms with Gasteiger partial charge in [0.15, 0.2) is 0 Å². The summed E-state index contributed by atoms with van der Waals surface area (Å²) in [6, 6.07) is 2.25. The Morgan fingerprint density at radius 1 is 1.48 bits per heavy atom. The number of aromatic carboxylic acids is 1. The molecule has 0 bridgehead atoms. The molecule has 0 aliphatic carbocycles. The maximum Gasteiger partial charge on any atom is 0.335 e. The summed E-state index contributed by atoms with van der Waals surface area (Å²) >= 11 is 3.20. The van der Waals surface area contributed by atoms with Crippen LogP contribution < -0.4 is 4.72 Å². The first-order valence-electron chi connectivity index (χ1n) is 6.39. The topological polar surface area (TPSA) is 92.7 Å². The Bertz CT molecular complexity index is 673. The van der Waals surface area contributed by atoms with Gasteiger partial charge in [-0.05, 0) is 38.0 Å². The Kier molecular flexibility index (Phi) is 4.72. The molecule has 1 aliphatic heterocycles. The zero-order valence-corrected chi connectivity index (χ0v) is 14.0. The van der Waals surface area contributed by atoms with Gasteiger partial charge in [-0.3, -0.25) is 0 Å². The van der Waals surface area contributed by atoms with Crippen LogP contribution in [0.25, 0.3) is 0 Å². The lowest BCUT2D eigenvalue weighted by atomic mass is 10.1. The van der Waals surface area contributed by atoms with Gasteiger partial charge in [0.25, 0.3) is 0 Å². The number of benzene rings is 1. The second-order valence-electron chi connectivity index (χ2n) is 4.98. The second kappa shape index (κ2) is 6.04. The van der Waals surface area contributed by atoms with E-state index in [2.05, 4.69) is 20.7 Å². The molecule has 0 saturated carbocycles. The Hall–Kier alpha value is -0.960. The van der Waals surface area contributed by atoms with Crippen molar-refractivity contribution in [3.8, 4) is 0 Å². The van der Waals surface area contributed by atoms with E-state index in [9.17, 15) is 13.2 Å². The Morgan fingerprint density at radius 2 is 2.14 bits per heavy atom. The van der Waals surface area contributed by atoms with Crippen molar-refractivity contribution in [2.75, 3.05) is 6.61 Å². The second-order valence-corrected chi connectivity index (χ2v) is 7.52. The standard InChI is InChI=1S/C13H16BrNO5S/c1-7-10(14)5-9(13(16)17)6-12(7)21(18,19)15-11-3-4-20-8(11)2/h5-6,8,11,15H,3-4H2,1-2H3,(H,16,17). The van der Waals surface area contributed by atoms with Crippen molar-refractivity contribution >= 4 is 31.9 Å². The maximum absolute atomic E-state index is 12.5. The zero-order valence-electron chi connectivity index (χ0n) is 11.6. The van der Waals surface area contributed by atoms with Crippen LogP contribution in [0.15, 0.2) is 21.5 Å². The van der Waals surface area contributed by atoms with Crippen molar-refractivity contribution in [2.45, 2.75) is 37.3 Å². The lowest BCUT2D eigenvalue weighted by Crippen LogP contribution is -2.39. The smallest absolute Gasteiger partial charge is 0.335 e. The van der Waals surface area contributed by atoms with Crippen LogP contribution in [-0.2, 0) is 14.8 Å². The van der Waals surface area contributed by atoms with Gasteiger partial charge >= 0.3 is 5.97 Å². The number of carbonyl (C=O) groups is 1. The number of nitrogens with one attached hydrogen (secondary N) is 1. The minimum absolute atomic E-state index is 0.0339. The highest BCUT2D eigenvalue weighted by Crippen LogP contribution is 2.27. The number of rotatable bonds is 4. The summed E-state index contributed by atoms with van der Waals surface area (Å²) in [6.07, 6.45) is 0.394. The van der Waals surface area contributed by atoms with Gasteiger partial charge in [-0.2, -0.15) is 0 Å². The summed E-state index contributed by atoms with van der Waals surface area (Å²) in [5.74, 6) is -1.18. The molecular formula is C13H16BrNO5S. The van der Waals surface area contributed by atoms with E-state index in [4.69, 9.17) is 9.84 Å². The quantitative estimate of drug-likeness (QED) is 0.835. The first kappa shape index (κ1) is 16.4. The fourth-order valence-corrected chi connectivity index (χ4v) is 4.43. The monoisotopic (exact) mass is 377 g/mol. The zero-order chi connectivity index (χ0) is 15.8. The molecule has 1 aromatic rings. The van der Waals surface area contributed by atoms with Gasteiger partial charge in [0.1, 0.15) is 0 Å². The molecule has 2 N–H and O–H groups in total. The minimum Gasteiger partial charge on any atom is -0.478 e. The molecule has 1 aromatic carbocycles. The molecule has 21 heavy (non-hydrogen) atoms. The van der Waals surface area contributed by atoms with Crippen molar-refractivity contribution in [2.24, 2.45) is 0 Å². The molecule has 1 heterocycles. The van der Waals surface area contributed by atoms with Crippen LogP contribution >= 0.6 is 15.9 Å². The molecule has 2 unspecified atom stereocenters. The van der Waals surface area contributed by atoms with Gasteiger partial charge in [0, 0.05) is 11.1 Å². The van der Waals surface area contributed by atoms with E-state index < -0.39 is 16.0 Å². The summed E-state index contributed by atoms with van der Waals surface area (Å²) in [4.78, 5) is 11.1. The normalized spacial score (nSPS) is 22.4. The van der Waals surface area contributed by atoms with Crippen molar-refractivity contribution in [3.05, 3.63) is 27.7 Å². The fourth-order valence-electron chi connectivity index (χ4n) is 2.21. The van der Waals surface area contributed by atoms with Gasteiger partial charge in [-0.1, -0.05) is 15.9 Å². The number of sulfonamides is 1. The molecule has 8 heteroatoms. The Labute approximate surface area is 131 Å².